The van der Waals surface area contributed by atoms with E-state index in [9.17, 15) is 18.4 Å². The van der Waals surface area contributed by atoms with Gasteiger partial charge in [0.15, 0.2) is 0 Å². The molecule has 0 spiro atoms. The molecule has 4 aliphatic carbocycles. The summed E-state index contributed by atoms with van der Waals surface area (Å²) in [5.74, 6) is 2.42. The quantitative estimate of drug-likeness (QED) is 0.307. The number of rotatable bonds is 12. The number of hydrogen-bond acceptors (Lipinski definition) is 8. The van der Waals surface area contributed by atoms with Crippen molar-refractivity contribution in [3.05, 3.63) is 41.6 Å². The van der Waals surface area contributed by atoms with Crippen LogP contribution in [-0.2, 0) is 6.54 Å². The molecule has 3 N–H and O–H groups in total. The van der Waals surface area contributed by atoms with Gasteiger partial charge in [0, 0.05) is 31.3 Å². The molecule has 216 valence electrons. The maximum atomic E-state index is 12.8. The SMILES string of the molecule is CN(CCCCO)C1[C@@H]2CC3C[C@H]1CC(CNc1nc(NCc4ccccc4OC(F)(F)F)ncc1C#N)(C3)C2. The Morgan fingerprint density at radius 1 is 1.15 bits per heavy atom. The average Bonchev–Trinajstić information content (AvgIpc) is 2.90. The summed E-state index contributed by atoms with van der Waals surface area (Å²) in [6.45, 7) is 2.01. The summed E-state index contributed by atoms with van der Waals surface area (Å²) >= 11 is 0. The molecule has 1 aromatic heterocycles. The zero-order valence-electron chi connectivity index (χ0n) is 22.8. The molecule has 0 aliphatic heterocycles. The fourth-order valence-corrected chi connectivity index (χ4v) is 7.73. The first-order chi connectivity index (χ1) is 19.2. The molecule has 4 fully saturated rings. The van der Waals surface area contributed by atoms with Crippen LogP contribution in [0.1, 0.15) is 56.1 Å². The van der Waals surface area contributed by atoms with E-state index in [4.69, 9.17) is 5.11 Å². The zero-order valence-corrected chi connectivity index (χ0v) is 22.8. The Hall–Kier alpha value is -3.10. The topological polar surface area (TPSA) is 106 Å². The van der Waals surface area contributed by atoms with Crippen molar-refractivity contribution in [1.29, 1.82) is 5.26 Å². The van der Waals surface area contributed by atoms with Crippen LogP contribution in [0.2, 0.25) is 0 Å². The van der Waals surface area contributed by atoms with Crippen LogP contribution < -0.4 is 15.4 Å². The number of hydrogen-bond donors (Lipinski definition) is 3. The smallest absolute Gasteiger partial charge is 0.405 e. The van der Waals surface area contributed by atoms with Crippen LogP contribution >= 0.6 is 0 Å². The van der Waals surface area contributed by atoms with E-state index in [1.54, 1.807) is 12.1 Å². The van der Waals surface area contributed by atoms with Gasteiger partial charge in [0.1, 0.15) is 23.2 Å². The van der Waals surface area contributed by atoms with Gasteiger partial charge in [0.2, 0.25) is 5.95 Å². The third kappa shape index (κ3) is 6.44. The highest BCUT2D eigenvalue weighted by atomic mass is 19.4. The number of unbranched alkanes of at least 4 members (excludes halogenated alkanes) is 1. The lowest BCUT2D eigenvalue weighted by atomic mass is 9.47. The Bertz CT molecular complexity index is 1200. The lowest BCUT2D eigenvalue weighted by Gasteiger charge is -2.62. The lowest BCUT2D eigenvalue weighted by Crippen LogP contribution is -2.60. The monoisotopic (exact) mass is 558 g/mol. The van der Waals surface area contributed by atoms with Crippen molar-refractivity contribution >= 4 is 11.8 Å². The van der Waals surface area contributed by atoms with E-state index >= 15 is 0 Å². The molecule has 40 heavy (non-hydrogen) atoms. The summed E-state index contributed by atoms with van der Waals surface area (Å²) in [5.41, 5.74) is 0.808. The number of aliphatic hydroxyl groups is 1. The molecular weight excluding hydrogens is 521 g/mol. The van der Waals surface area contributed by atoms with Crippen LogP contribution in [0.5, 0.6) is 5.75 Å². The molecule has 3 unspecified atom stereocenters. The Kier molecular flexibility index (Phi) is 8.38. The number of benzene rings is 1. The van der Waals surface area contributed by atoms with E-state index in [1.165, 1.54) is 37.6 Å². The Morgan fingerprint density at radius 2 is 1.90 bits per heavy atom. The van der Waals surface area contributed by atoms with E-state index < -0.39 is 6.36 Å². The van der Waals surface area contributed by atoms with E-state index in [0.29, 0.717) is 34.8 Å². The van der Waals surface area contributed by atoms with Crippen molar-refractivity contribution < 1.29 is 23.0 Å². The van der Waals surface area contributed by atoms with Crippen LogP contribution in [0, 0.1) is 34.5 Å². The van der Waals surface area contributed by atoms with Crippen molar-refractivity contribution in [2.24, 2.45) is 23.2 Å². The molecule has 1 heterocycles. The van der Waals surface area contributed by atoms with Gasteiger partial charge < -0.3 is 25.4 Å². The second-order valence-electron chi connectivity index (χ2n) is 11.8. The summed E-state index contributed by atoms with van der Waals surface area (Å²) in [6, 6.07) is 8.67. The van der Waals surface area contributed by atoms with Crippen LogP contribution in [0.25, 0.3) is 0 Å². The normalized spacial score (nSPS) is 27.0. The minimum atomic E-state index is -4.79. The summed E-state index contributed by atoms with van der Waals surface area (Å²) in [5, 5.41) is 25.3. The molecule has 4 saturated carbocycles. The second-order valence-corrected chi connectivity index (χ2v) is 11.8. The maximum absolute atomic E-state index is 12.8. The standard InChI is InChI=1S/C29H37F3N6O2/c1-38(8-4-5-9-39)25-21-10-19-11-22(25)14-28(12-19,13-21)18-36-26-23(15-33)17-35-27(37-26)34-16-20-6-2-3-7-24(20)40-29(30,31)32/h2-3,6-7,17,19,21-22,25,39H,4-5,8-14,16,18H2,1H3,(H2,34,35,36,37)/t19?,21-,22+,25?,28?. The first-order valence-corrected chi connectivity index (χ1v) is 14.1. The number of halogens is 3. The van der Waals surface area contributed by atoms with Crippen LogP contribution in [0.3, 0.4) is 0 Å². The molecule has 4 aliphatic rings. The Labute approximate surface area is 233 Å². The highest BCUT2D eigenvalue weighted by Gasteiger charge is 2.55. The predicted molar refractivity (Wildman–Crippen MR) is 144 cm³/mol. The number of nitrogens with zero attached hydrogens (tertiary/aromatic N) is 4. The molecule has 0 amide bonds. The average molecular weight is 559 g/mol. The maximum Gasteiger partial charge on any atom is 0.573 e. The molecule has 0 saturated heterocycles. The lowest BCUT2D eigenvalue weighted by molar-refractivity contribution is -0.274. The van der Waals surface area contributed by atoms with Gasteiger partial charge >= 0.3 is 6.36 Å². The van der Waals surface area contributed by atoms with E-state index in [0.717, 1.165) is 44.7 Å². The number of aliphatic hydroxyl groups excluding tert-OH is 1. The van der Waals surface area contributed by atoms with Crippen molar-refractivity contribution in [2.45, 2.75) is 63.9 Å². The molecule has 8 nitrogen and oxygen atoms in total. The van der Waals surface area contributed by atoms with Gasteiger partial charge in [0.25, 0.3) is 0 Å². The van der Waals surface area contributed by atoms with Crippen LogP contribution in [0.4, 0.5) is 24.9 Å². The van der Waals surface area contributed by atoms with Gasteiger partial charge in [-0.2, -0.15) is 10.2 Å². The predicted octanol–water partition coefficient (Wildman–Crippen LogP) is 5.17. The van der Waals surface area contributed by atoms with Gasteiger partial charge in [-0.15, -0.1) is 13.2 Å². The fraction of sp³-hybridized carbons (Fsp3) is 0.621. The van der Waals surface area contributed by atoms with Crippen molar-refractivity contribution in [1.82, 2.24) is 14.9 Å². The van der Waals surface area contributed by atoms with Crippen LogP contribution in [0.15, 0.2) is 30.5 Å². The number of nitrogens with one attached hydrogen (secondary N) is 2. The molecular formula is C29H37F3N6O2. The first-order valence-electron chi connectivity index (χ1n) is 14.1. The summed E-state index contributed by atoms with van der Waals surface area (Å²) < 4.78 is 42.5. The zero-order chi connectivity index (χ0) is 28.3. The van der Waals surface area contributed by atoms with E-state index in [1.807, 2.05) is 0 Å². The first kappa shape index (κ1) is 28.4. The Balaban J connectivity index is 1.24. The summed E-state index contributed by atoms with van der Waals surface area (Å²) in [7, 11) is 2.23. The summed E-state index contributed by atoms with van der Waals surface area (Å²) in [4.78, 5) is 11.2. The van der Waals surface area contributed by atoms with Crippen molar-refractivity contribution in [3.8, 4) is 11.8 Å². The third-order valence-electron chi connectivity index (χ3n) is 8.95. The van der Waals surface area contributed by atoms with E-state index in [-0.39, 0.29) is 30.3 Å². The number of aromatic nitrogens is 2. The molecule has 0 radical (unpaired) electrons. The molecule has 1 aromatic carbocycles. The molecule has 5 atom stereocenters. The van der Waals surface area contributed by atoms with Gasteiger partial charge in [-0.1, -0.05) is 18.2 Å². The van der Waals surface area contributed by atoms with Crippen molar-refractivity contribution in [2.75, 3.05) is 37.4 Å². The molecule has 6 rings (SSSR count). The van der Waals surface area contributed by atoms with Gasteiger partial charge in [-0.05, 0) is 87.8 Å². The molecule has 11 heteroatoms. The highest BCUT2D eigenvalue weighted by molar-refractivity contribution is 5.53. The molecule has 2 aromatic rings. The highest BCUT2D eigenvalue weighted by Crippen LogP contribution is 2.61. The van der Waals surface area contributed by atoms with Gasteiger partial charge in [0.05, 0.1) is 6.20 Å². The summed E-state index contributed by atoms with van der Waals surface area (Å²) in [6.07, 6.45) is 4.54. The third-order valence-corrected chi connectivity index (χ3v) is 8.95. The minimum absolute atomic E-state index is 0.0276. The largest absolute Gasteiger partial charge is 0.573 e. The van der Waals surface area contributed by atoms with Crippen LogP contribution in [-0.4, -0.2) is 59.1 Å². The van der Waals surface area contributed by atoms with Gasteiger partial charge in [-0.3, -0.25) is 0 Å². The number of para-hydroxylation sites is 1. The number of nitriles is 1. The number of ether oxygens (including phenoxy) is 1. The van der Waals surface area contributed by atoms with E-state index in [2.05, 4.69) is 43.4 Å². The number of alkyl halides is 3. The van der Waals surface area contributed by atoms with Gasteiger partial charge in [-0.25, -0.2) is 4.98 Å². The molecule has 4 bridgehead atoms. The Morgan fingerprint density at radius 3 is 2.60 bits per heavy atom. The number of anilines is 2. The fourth-order valence-electron chi connectivity index (χ4n) is 7.73. The minimum Gasteiger partial charge on any atom is -0.405 e. The van der Waals surface area contributed by atoms with Crippen molar-refractivity contribution in [3.63, 3.8) is 0 Å². The second kappa shape index (κ2) is 11.8.